The first kappa shape index (κ1) is 19.2. The van der Waals surface area contributed by atoms with E-state index in [0.717, 1.165) is 18.2 Å². The van der Waals surface area contributed by atoms with E-state index in [1.54, 1.807) is 18.2 Å². The van der Waals surface area contributed by atoms with Crippen LogP contribution in [0.5, 0.6) is 0 Å². The number of fused-ring (bicyclic) bond motifs is 1. The van der Waals surface area contributed by atoms with Gasteiger partial charge >= 0.3 is 12.1 Å². The molecule has 0 aliphatic carbocycles. The van der Waals surface area contributed by atoms with Crippen LogP contribution in [0.3, 0.4) is 0 Å². The first-order valence-electron chi connectivity index (χ1n) is 8.52. The van der Waals surface area contributed by atoms with Gasteiger partial charge in [0.25, 0.3) is 5.91 Å². The summed E-state index contributed by atoms with van der Waals surface area (Å²) in [5.74, 6) is -1.79. The first-order chi connectivity index (χ1) is 14.2. The van der Waals surface area contributed by atoms with E-state index >= 15 is 0 Å². The quantitative estimate of drug-likeness (QED) is 0.444. The van der Waals surface area contributed by atoms with Gasteiger partial charge < -0.3 is 14.8 Å². The number of carboxylic acids is 1. The molecule has 10 heteroatoms. The molecule has 0 atom stereocenters. The number of aromatic carboxylic acids is 1. The van der Waals surface area contributed by atoms with E-state index in [4.69, 9.17) is 9.52 Å². The van der Waals surface area contributed by atoms with Crippen molar-refractivity contribution < 1.29 is 32.3 Å². The molecule has 0 fully saturated rings. The average molecular weight is 415 g/mol. The van der Waals surface area contributed by atoms with E-state index < -0.39 is 23.6 Å². The van der Waals surface area contributed by atoms with Gasteiger partial charge in [-0.2, -0.15) is 18.3 Å². The number of nitrogens with one attached hydrogen (secondary N) is 2. The van der Waals surface area contributed by atoms with E-state index in [1.807, 2.05) is 0 Å². The predicted molar refractivity (Wildman–Crippen MR) is 100 cm³/mol. The maximum absolute atomic E-state index is 12.9. The van der Waals surface area contributed by atoms with Crippen molar-refractivity contribution in [3.8, 4) is 11.3 Å². The summed E-state index contributed by atoms with van der Waals surface area (Å²) in [6.45, 7) is 0. The van der Waals surface area contributed by atoms with Gasteiger partial charge in [0, 0.05) is 16.5 Å². The Hall–Kier alpha value is -4.08. The molecule has 0 spiro atoms. The number of alkyl halides is 3. The third-order valence-electron chi connectivity index (χ3n) is 4.35. The van der Waals surface area contributed by atoms with Gasteiger partial charge in [-0.15, -0.1) is 0 Å². The van der Waals surface area contributed by atoms with Gasteiger partial charge in [-0.1, -0.05) is 6.07 Å². The number of hydrogen-bond donors (Lipinski definition) is 3. The monoisotopic (exact) mass is 415 g/mol. The van der Waals surface area contributed by atoms with Crippen LogP contribution in [0.1, 0.15) is 26.5 Å². The summed E-state index contributed by atoms with van der Waals surface area (Å²) in [6.07, 6.45) is -4.57. The molecule has 30 heavy (non-hydrogen) atoms. The van der Waals surface area contributed by atoms with Crippen molar-refractivity contribution in [1.29, 1.82) is 0 Å². The summed E-state index contributed by atoms with van der Waals surface area (Å²) in [7, 11) is 0. The van der Waals surface area contributed by atoms with Crippen molar-refractivity contribution in [3.05, 3.63) is 71.5 Å². The molecule has 1 amide bonds. The minimum atomic E-state index is -4.57. The lowest BCUT2D eigenvalue weighted by Gasteiger charge is -2.08. The molecule has 0 saturated heterocycles. The highest BCUT2D eigenvalue weighted by Crippen LogP contribution is 2.31. The van der Waals surface area contributed by atoms with Crippen LogP contribution in [-0.2, 0) is 6.18 Å². The normalized spacial score (nSPS) is 11.6. The summed E-state index contributed by atoms with van der Waals surface area (Å²) in [6, 6.07) is 11.8. The molecular formula is C20H12F3N3O4. The van der Waals surface area contributed by atoms with Gasteiger partial charge in [0.1, 0.15) is 5.76 Å². The Morgan fingerprint density at radius 1 is 1.07 bits per heavy atom. The summed E-state index contributed by atoms with van der Waals surface area (Å²) in [5.41, 5.74) is -0.0142. The number of amides is 1. The van der Waals surface area contributed by atoms with Crippen molar-refractivity contribution in [2.24, 2.45) is 0 Å². The molecule has 0 radical (unpaired) electrons. The minimum absolute atomic E-state index is 0.110. The lowest BCUT2D eigenvalue weighted by atomic mass is 10.1. The Morgan fingerprint density at radius 2 is 1.87 bits per heavy atom. The largest absolute Gasteiger partial charge is 0.475 e. The second-order valence-electron chi connectivity index (χ2n) is 6.33. The molecule has 3 N–H and O–H groups in total. The summed E-state index contributed by atoms with van der Waals surface area (Å²) >= 11 is 0. The van der Waals surface area contributed by atoms with Crippen LogP contribution < -0.4 is 5.32 Å². The van der Waals surface area contributed by atoms with E-state index in [1.165, 1.54) is 18.2 Å². The highest BCUT2D eigenvalue weighted by atomic mass is 19.4. The SMILES string of the molecule is O=C(Nc1n[nH]c2ccc(-c3ccc(C(=O)O)o3)cc12)c1cccc(C(F)(F)F)c1. The zero-order chi connectivity index (χ0) is 21.5. The van der Waals surface area contributed by atoms with Crippen LogP contribution in [0, 0.1) is 0 Å². The lowest BCUT2D eigenvalue weighted by molar-refractivity contribution is -0.137. The van der Waals surface area contributed by atoms with Gasteiger partial charge in [-0.3, -0.25) is 9.89 Å². The lowest BCUT2D eigenvalue weighted by Crippen LogP contribution is -2.14. The van der Waals surface area contributed by atoms with Crippen LogP contribution in [0.2, 0.25) is 0 Å². The number of rotatable bonds is 4. The Labute approximate surface area is 166 Å². The number of furan rings is 1. The number of aromatic amines is 1. The van der Waals surface area contributed by atoms with Crippen LogP contribution >= 0.6 is 0 Å². The van der Waals surface area contributed by atoms with E-state index in [-0.39, 0.29) is 17.1 Å². The van der Waals surface area contributed by atoms with Gasteiger partial charge in [-0.05, 0) is 48.5 Å². The second-order valence-corrected chi connectivity index (χ2v) is 6.33. The molecule has 0 aliphatic rings. The van der Waals surface area contributed by atoms with E-state index in [2.05, 4.69) is 15.5 Å². The zero-order valence-electron chi connectivity index (χ0n) is 14.9. The maximum atomic E-state index is 12.9. The van der Waals surface area contributed by atoms with Crippen LogP contribution in [0.25, 0.3) is 22.2 Å². The summed E-state index contributed by atoms with van der Waals surface area (Å²) in [4.78, 5) is 23.4. The van der Waals surface area contributed by atoms with E-state index in [0.29, 0.717) is 22.2 Å². The van der Waals surface area contributed by atoms with Gasteiger partial charge in [0.2, 0.25) is 5.76 Å². The molecule has 0 aliphatic heterocycles. The minimum Gasteiger partial charge on any atom is -0.475 e. The smallest absolute Gasteiger partial charge is 0.416 e. The summed E-state index contributed by atoms with van der Waals surface area (Å²) in [5, 5.41) is 18.6. The van der Waals surface area contributed by atoms with Gasteiger partial charge in [-0.25, -0.2) is 4.79 Å². The van der Waals surface area contributed by atoms with Crippen LogP contribution in [0.4, 0.5) is 19.0 Å². The zero-order valence-corrected chi connectivity index (χ0v) is 14.9. The highest BCUT2D eigenvalue weighted by molar-refractivity contribution is 6.08. The van der Waals surface area contributed by atoms with Crippen LogP contribution in [0.15, 0.2) is 59.0 Å². The molecule has 4 aromatic rings. The fraction of sp³-hybridized carbons (Fsp3) is 0.0500. The standard InChI is InChI=1S/C20H12F3N3O4/c21-20(22,23)12-3-1-2-11(8-12)18(27)24-17-13-9-10(4-5-14(13)25-26-17)15-6-7-16(30-15)19(28)29/h1-9H,(H,28,29)(H2,24,25,26,27). The third kappa shape index (κ3) is 3.62. The van der Waals surface area contributed by atoms with Crippen molar-refractivity contribution in [1.82, 2.24) is 10.2 Å². The Morgan fingerprint density at radius 3 is 2.57 bits per heavy atom. The average Bonchev–Trinajstić information content (AvgIpc) is 3.35. The molecule has 4 rings (SSSR count). The molecule has 0 unspecified atom stereocenters. The van der Waals surface area contributed by atoms with Gasteiger partial charge in [0.05, 0.1) is 11.1 Å². The topological polar surface area (TPSA) is 108 Å². The third-order valence-corrected chi connectivity index (χ3v) is 4.35. The second kappa shape index (κ2) is 7.07. The fourth-order valence-corrected chi connectivity index (χ4v) is 2.89. The number of carboxylic acid groups (broad SMARTS) is 1. The maximum Gasteiger partial charge on any atom is 0.416 e. The predicted octanol–water partition coefficient (Wildman–Crippen LogP) is 4.79. The number of aromatic nitrogens is 2. The number of nitrogens with zero attached hydrogens (tertiary/aromatic N) is 1. The number of carbonyl (C=O) groups is 2. The molecular weight excluding hydrogens is 403 g/mol. The molecule has 0 saturated carbocycles. The molecule has 152 valence electrons. The Kier molecular flexibility index (Phi) is 4.53. The first-order valence-corrected chi connectivity index (χ1v) is 8.52. The Bertz CT molecular complexity index is 1270. The van der Waals surface area contributed by atoms with Crippen molar-refractivity contribution in [2.45, 2.75) is 6.18 Å². The van der Waals surface area contributed by atoms with Gasteiger partial charge in [0.15, 0.2) is 5.82 Å². The van der Waals surface area contributed by atoms with Crippen LogP contribution in [-0.4, -0.2) is 27.2 Å². The number of H-pyrrole nitrogens is 1. The van der Waals surface area contributed by atoms with Crippen molar-refractivity contribution >= 4 is 28.6 Å². The molecule has 2 aromatic carbocycles. The molecule has 2 heterocycles. The number of halogens is 3. The highest BCUT2D eigenvalue weighted by Gasteiger charge is 2.31. The Balaban J connectivity index is 1.65. The number of benzene rings is 2. The molecule has 7 nitrogen and oxygen atoms in total. The van der Waals surface area contributed by atoms with Crippen molar-refractivity contribution in [2.75, 3.05) is 5.32 Å². The van der Waals surface area contributed by atoms with E-state index in [9.17, 15) is 22.8 Å². The number of carbonyl (C=O) groups excluding carboxylic acids is 1. The summed E-state index contributed by atoms with van der Waals surface area (Å²) < 4.78 is 43.9. The molecule has 0 bridgehead atoms. The number of hydrogen-bond acceptors (Lipinski definition) is 4. The number of anilines is 1. The molecule has 2 aromatic heterocycles. The van der Waals surface area contributed by atoms with Crippen molar-refractivity contribution in [3.63, 3.8) is 0 Å². The fourth-order valence-electron chi connectivity index (χ4n) is 2.89.